The second-order valence-corrected chi connectivity index (χ2v) is 7.86. The number of rotatable bonds is 3. The summed E-state index contributed by atoms with van der Waals surface area (Å²) in [5, 5.41) is 7.12. The van der Waals surface area contributed by atoms with Crippen LogP contribution in [0, 0.1) is 10.2 Å². The van der Waals surface area contributed by atoms with Crippen LogP contribution < -0.4 is 46.3 Å². The first-order chi connectivity index (χ1) is 14.1. The van der Waals surface area contributed by atoms with Crippen molar-refractivity contribution in [3.05, 3.63) is 29.6 Å². The molecule has 32 heavy (non-hydrogen) atoms. The summed E-state index contributed by atoms with van der Waals surface area (Å²) in [6.45, 7) is 11.0. The van der Waals surface area contributed by atoms with Crippen molar-refractivity contribution in [2.75, 3.05) is 39.3 Å². The van der Waals surface area contributed by atoms with E-state index in [0.717, 1.165) is 57.0 Å². The van der Waals surface area contributed by atoms with E-state index >= 15 is 0 Å². The molecule has 2 bridgehead atoms. The fraction of sp³-hybridized carbons (Fsp3) is 0.684. The predicted octanol–water partition coefficient (Wildman–Crippen LogP) is -5.71. The van der Waals surface area contributed by atoms with Crippen molar-refractivity contribution < 1.29 is 72.5 Å². The summed E-state index contributed by atoms with van der Waals surface area (Å²) in [6, 6.07) is 6.75. The van der Waals surface area contributed by atoms with Gasteiger partial charge in [0.05, 0.1) is 11.4 Å². The van der Waals surface area contributed by atoms with Gasteiger partial charge >= 0.3 is 23.0 Å². The van der Waals surface area contributed by atoms with Crippen LogP contribution in [0.4, 0.5) is 0 Å². The summed E-state index contributed by atoms with van der Waals surface area (Å²) >= 11 is 0. The molecule has 0 spiro atoms. The second kappa shape index (κ2) is 18.0. The third-order valence-corrected chi connectivity index (χ3v) is 4.60. The first kappa shape index (κ1) is 33.8. The Hall–Kier alpha value is -0.371. The van der Waals surface area contributed by atoms with Crippen LogP contribution >= 0.6 is 0 Å². The van der Waals surface area contributed by atoms with E-state index in [-0.39, 0.29) is 52.1 Å². The third-order valence-electron chi connectivity index (χ3n) is 4.60. The molecular formula is C19H32BrClCuN4O6. The number of pyridine rings is 1. The predicted molar refractivity (Wildman–Crippen MR) is 99.4 cm³/mol. The summed E-state index contributed by atoms with van der Waals surface area (Å²) < 4.78 is 39.1. The number of carbonyl (C=O) groups is 1. The molecule has 2 N–H and O–H groups in total. The average Bonchev–Trinajstić information content (AvgIpc) is 2.65. The quantitative estimate of drug-likeness (QED) is 0.256. The Morgan fingerprint density at radius 2 is 1.53 bits per heavy atom. The van der Waals surface area contributed by atoms with Crippen molar-refractivity contribution >= 4 is 5.97 Å². The number of ether oxygens (including phenoxy) is 1. The third kappa shape index (κ3) is 17.2. The fourth-order valence-electron chi connectivity index (χ4n) is 3.06. The van der Waals surface area contributed by atoms with Gasteiger partial charge in [-0.2, -0.15) is 0 Å². The molecule has 0 saturated heterocycles. The maximum atomic E-state index is 10.9. The van der Waals surface area contributed by atoms with Gasteiger partial charge in [0, 0.05) is 25.6 Å². The van der Waals surface area contributed by atoms with E-state index in [2.05, 4.69) is 47.6 Å². The molecule has 0 saturated carbocycles. The maximum Gasteiger partial charge on any atom is 2.00 e. The molecule has 13 heteroatoms. The second-order valence-electron chi connectivity index (χ2n) is 7.11. The fourth-order valence-corrected chi connectivity index (χ4v) is 3.06. The number of carbonyl (C=O) groups excluding carboxylic acids is 1. The zero-order chi connectivity index (χ0) is 22.6. The number of hydrogen-bond donors (Lipinski definition) is 2. The van der Waals surface area contributed by atoms with Crippen molar-refractivity contribution in [2.45, 2.75) is 45.7 Å². The van der Waals surface area contributed by atoms with Gasteiger partial charge in [0.15, 0.2) is 0 Å². The van der Waals surface area contributed by atoms with Crippen LogP contribution in [0.15, 0.2) is 18.2 Å². The standard InChI is InChI=1S/C19H32N4O2.BrH.ClHO4.Cu/c1-15-18-7-4-8-19(22-18)16(2)21-10-6-12-23(11-5-9-20-15)13-14-25-17(3)24;;2-1(3,4)5;/h4,7-8,15-16,20-21H,5-6,9-14H2,1-3H3;1H;(H,2,3,4,5);/q;;;+2/p-2. The van der Waals surface area contributed by atoms with Crippen molar-refractivity contribution in [1.82, 2.24) is 20.5 Å². The number of esters is 1. The molecule has 189 valence electrons. The molecule has 0 aliphatic carbocycles. The molecule has 1 aromatic rings. The van der Waals surface area contributed by atoms with E-state index in [1.807, 2.05) is 0 Å². The van der Waals surface area contributed by atoms with Crippen LogP contribution in [0.3, 0.4) is 0 Å². The van der Waals surface area contributed by atoms with Crippen molar-refractivity contribution in [2.24, 2.45) is 0 Å². The first-order valence-electron chi connectivity index (χ1n) is 9.97. The zero-order valence-corrected chi connectivity index (χ0v) is 21.7. The number of aromatic nitrogens is 1. The zero-order valence-electron chi connectivity index (χ0n) is 18.4. The number of halogens is 2. The van der Waals surface area contributed by atoms with Gasteiger partial charge in [-0.15, -0.1) is 10.2 Å². The minimum atomic E-state index is -4.94. The average molecular weight is 591 g/mol. The Morgan fingerprint density at radius 1 is 1.09 bits per heavy atom. The number of hydrogen-bond acceptors (Lipinski definition) is 10. The number of fused-ring (bicyclic) bond motifs is 2. The van der Waals surface area contributed by atoms with E-state index in [1.54, 1.807) is 0 Å². The van der Waals surface area contributed by atoms with E-state index in [9.17, 15) is 4.79 Å². The summed E-state index contributed by atoms with van der Waals surface area (Å²) in [6.07, 6.45) is 2.13. The Labute approximate surface area is 213 Å². The van der Waals surface area contributed by atoms with Crippen LogP contribution in [-0.2, 0) is 26.6 Å². The molecule has 1 radical (unpaired) electrons. The Balaban J connectivity index is 0. The topological polar surface area (TPSA) is 159 Å². The molecule has 1 aliphatic heterocycles. The normalized spacial score (nSPS) is 20.3. The van der Waals surface area contributed by atoms with Gasteiger partial charge in [0.25, 0.3) is 0 Å². The molecule has 2 unspecified atom stereocenters. The summed E-state index contributed by atoms with van der Waals surface area (Å²) in [5.74, 6) is -0.207. The molecule has 1 aliphatic rings. The van der Waals surface area contributed by atoms with Crippen molar-refractivity contribution in [3.8, 4) is 0 Å². The first-order valence-corrected chi connectivity index (χ1v) is 11.2. The largest absolute Gasteiger partial charge is 2.00 e. The molecule has 0 aromatic carbocycles. The molecule has 1 aromatic heterocycles. The van der Waals surface area contributed by atoms with Gasteiger partial charge < -0.3 is 32.4 Å². The van der Waals surface area contributed by atoms with Crippen LogP contribution in [-0.4, -0.2) is 55.2 Å². The van der Waals surface area contributed by atoms with Gasteiger partial charge in [-0.25, -0.2) is 18.6 Å². The summed E-state index contributed by atoms with van der Waals surface area (Å²) in [5.41, 5.74) is 2.19. The van der Waals surface area contributed by atoms with E-state index in [4.69, 9.17) is 28.4 Å². The van der Waals surface area contributed by atoms with Crippen LogP contribution in [0.2, 0.25) is 0 Å². The molecule has 2 atom stereocenters. The van der Waals surface area contributed by atoms with Crippen molar-refractivity contribution in [3.63, 3.8) is 0 Å². The molecule has 10 nitrogen and oxygen atoms in total. The van der Waals surface area contributed by atoms with E-state index in [0.29, 0.717) is 6.61 Å². The minimum absolute atomic E-state index is 0. The smallest absolute Gasteiger partial charge is 1.00 e. The Morgan fingerprint density at radius 3 is 1.94 bits per heavy atom. The minimum Gasteiger partial charge on any atom is -1.00 e. The monoisotopic (exact) mass is 589 g/mol. The van der Waals surface area contributed by atoms with Gasteiger partial charge in [-0.1, -0.05) is 6.07 Å². The maximum absolute atomic E-state index is 10.9. The molecule has 0 amide bonds. The van der Waals surface area contributed by atoms with E-state index in [1.165, 1.54) is 6.92 Å². The van der Waals surface area contributed by atoms with Gasteiger partial charge in [0.2, 0.25) is 0 Å². The molecule has 2 heterocycles. The SMILES string of the molecule is CC(=O)OCCN1CCCNC(C)c2cccc(n2)C(C)NCCC1.[Br-].[Cu+2].[O-][Cl+3]([O-])([O-])[O-]. The number of nitrogens with zero attached hydrogens (tertiary/aromatic N) is 2. The van der Waals surface area contributed by atoms with Gasteiger partial charge in [-0.05, 0) is 65.0 Å². The number of nitrogens with one attached hydrogen (secondary N) is 2. The van der Waals surface area contributed by atoms with E-state index < -0.39 is 10.2 Å². The van der Waals surface area contributed by atoms with Gasteiger partial charge in [0.1, 0.15) is 6.61 Å². The van der Waals surface area contributed by atoms with Crippen LogP contribution in [0.25, 0.3) is 0 Å². The molecular weight excluding hydrogens is 559 g/mol. The van der Waals surface area contributed by atoms with Crippen molar-refractivity contribution in [1.29, 1.82) is 0 Å². The Bertz CT molecular complexity index is 605. The molecule has 0 fully saturated rings. The summed E-state index contributed by atoms with van der Waals surface area (Å²) in [7, 11) is -4.94. The summed E-state index contributed by atoms with van der Waals surface area (Å²) in [4.78, 5) is 18.1. The van der Waals surface area contributed by atoms with Gasteiger partial charge in [-0.3, -0.25) is 14.7 Å². The Kier molecular flexibility index (Phi) is 19.0. The van der Waals surface area contributed by atoms with Crippen LogP contribution in [0.5, 0.6) is 0 Å². The van der Waals surface area contributed by atoms with Crippen LogP contribution in [0.1, 0.15) is 57.1 Å². The molecule has 2 rings (SSSR count).